The van der Waals surface area contributed by atoms with Crippen LogP contribution in [-0.4, -0.2) is 47.6 Å². The number of aryl methyl sites for hydroxylation is 2. The first-order chi connectivity index (χ1) is 15.5. The van der Waals surface area contributed by atoms with Crippen LogP contribution in [0.15, 0.2) is 71.7 Å². The number of aromatic nitrogens is 1. The minimum Gasteiger partial charge on any atom is -0.489 e. The third-order valence-corrected chi connectivity index (χ3v) is 6.20. The molecule has 1 aromatic heterocycles. The summed E-state index contributed by atoms with van der Waals surface area (Å²) in [5.41, 5.74) is 3.54. The van der Waals surface area contributed by atoms with E-state index in [4.69, 9.17) is 16.3 Å². The van der Waals surface area contributed by atoms with Gasteiger partial charge in [0.25, 0.3) is 5.56 Å². The van der Waals surface area contributed by atoms with Crippen molar-refractivity contribution in [3.8, 4) is 5.75 Å². The van der Waals surface area contributed by atoms with Gasteiger partial charge < -0.3 is 14.2 Å². The van der Waals surface area contributed by atoms with Gasteiger partial charge >= 0.3 is 0 Å². The van der Waals surface area contributed by atoms with E-state index in [9.17, 15) is 4.79 Å². The number of rotatable bonds is 8. The maximum absolute atomic E-state index is 12.5. The Balaban J connectivity index is 1.27. The molecule has 0 spiro atoms. The van der Waals surface area contributed by atoms with Crippen molar-refractivity contribution in [2.24, 2.45) is 0 Å². The summed E-state index contributed by atoms with van der Waals surface area (Å²) in [6.45, 7) is 6.58. The summed E-state index contributed by atoms with van der Waals surface area (Å²) in [6, 6.07) is 19.7. The fourth-order valence-corrected chi connectivity index (χ4v) is 3.96. The summed E-state index contributed by atoms with van der Waals surface area (Å²) in [4.78, 5) is 17.4. The lowest BCUT2D eigenvalue weighted by molar-refractivity contribution is 0.148. The molecule has 0 N–H and O–H groups in total. The first-order valence-electron chi connectivity index (χ1n) is 11.1. The summed E-state index contributed by atoms with van der Waals surface area (Å²) in [5.74, 6) is 0.578. The second-order valence-corrected chi connectivity index (χ2v) is 8.89. The van der Waals surface area contributed by atoms with E-state index in [1.807, 2.05) is 30.3 Å². The lowest BCUT2D eigenvalue weighted by atomic mass is 10.1. The maximum Gasteiger partial charge on any atom is 0.254 e. The van der Waals surface area contributed by atoms with Crippen LogP contribution in [0, 0.1) is 0 Å². The van der Waals surface area contributed by atoms with Gasteiger partial charge in [0.2, 0.25) is 0 Å². The molecule has 3 aromatic rings. The first-order valence-corrected chi connectivity index (χ1v) is 11.5. The van der Waals surface area contributed by atoms with Crippen molar-refractivity contribution >= 4 is 11.6 Å². The molecule has 0 unspecified atom stereocenters. The highest BCUT2D eigenvalue weighted by Gasteiger charge is 2.13. The summed E-state index contributed by atoms with van der Waals surface area (Å²) >= 11 is 5.90. The first kappa shape index (κ1) is 22.6. The predicted octanol–water partition coefficient (Wildman–Crippen LogP) is 4.07. The quantitative estimate of drug-likeness (QED) is 0.517. The van der Waals surface area contributed by atoms with Crippen LogP contribution in [0.1, 0.15) is 16.7 Å². The van der Waals surface area contributed by atoms with Gasteiger partial charge in [-0.15, -0.1) is 0 Å². The topological polar surface area (TPSA) is 37.7 Å². The van der Waals surface area contributed by atoms with E-state index in [0.717, 1.165) is 44.7 Å². The number of piperazine rings is 1. The molecule has 2 aromatic carbocycles. The van der Waals surface area contributed by atoms with E-state index in [1.165, 1.54) is 11.1 Å². The summed E-state index contributed by atoms with van der Waals surface area (Å²) in [7, 11) is 2.18. The molecule has 6 heteroatoms. The van der Waals surface area contributed by atoms with Gasteiger partial charge in [0, 0.05) is 56.6 Å². The largest absolute Gasteiger partial charge is 0.489 e. The number of pyridine rings is 1. The number of nitrogens with zero attached hydrogens (tertiary/aromatic N) is 3. The average Bonchev–Trinajstić information content (AvgIpc) is 2.80. The normalized spacial score (nSPS) is 15.1. The number of benzene rings is 2. The summed E-state index contributed by atoms with van der Waals surface area (Å²) in [5, 5.41) is 0.695. The molecule has 1 saturated heterocycles. The van der Waals surface area contributed by atoms with Crippen LogP contribution < -0.4 is 10.3 Å². The molecule has 1 aliphatic heterocycles. The highest BCUT2D eigenvalue weighted by molar-refractivity contribution is 6.30. The van der Waals surface area contributed by atoms with Gasteiger partial charge in [-0.05, 0) is 48.4 Å². The van der Waals surface area contributed by atoms with E-state index >= 15 is 0 Å². The molecule has 1 aliphatic rings. The van der Waals surface area contributed by atoms with Crippen molar-refractivity contribution in [3.63, 3.8) is 0 Å². The number of likely N-dealkylation sites (N-methyl/N-ethyl adjacent to an activating group) is 1. The second-order valence-electron chi connectivity index (χ2n) is 8.46. The van der Waals surface area contributed by atoms with Crippen molar-refractivity contribution in [2.75, 3.05) is 33.2 Å². The Morgan fingerprint density at radius 1 is 0.875 bits per heavy atom. The Morgan fingerprint density at radius 2 is 1.53 bits per heavy atom. The minimum atomic E-state index is -0.0507. The summed E-state index contributed by atoms with van der Waals surface area (Å²) in [6.07, 6.45) is 2.63. The van der Waals surface area contributed by atoms with Crippen LogP contribution in [0.5, 0.6) is 5.75 Å². The Kier molecular flexibility index (Phi) is 7.63. The molecule has 0 atom stereocenters. The van der Waals surface area contributed by atoms with Gasteiger partial charge in [-0.25, -0.2) is 0 Å². The Bertz CT molecular complexity index is 1060. The highest BCUT2D eigenvalue weighted by Crippen LogP contribution is 2.14. The van der Waals surface area contributed by atoms with E-state index < -0.39 is 0 Å². The molecule has 0 aliphatic carbocycles. The SMILES string of the molecule is CN1CCN(Cc2ccc(CCn3ccc(OCc4ccc(Cl)cc4)cc3=O)cc2)CC1. The van der Waals surface area contributed by atoms with E-state index in [1.54, 1.807) is 16.8 Å². The third kappa shape index (κ3) is 6.45. The zero-order chi connectivity index (χ0) is 22.3. The molecular weight excluding hydrogens is 422 g/mol. The van der Waals surface area contributed by atoms with Crippen LogP contribution >= 0.6 is 11.6 Å². The minimum absolute atomic E-state index is 0.0507. The van der Waals surface area contributed by atoms with Crippen LogP contribution in [0.4, 0.5) is 0 Å². The Morgan fingerprint density at radius 3 is 2.22 bits per heavy atom. The molecule has 0 amide bonds. The van der Waals surface area contributed by atoms with Crippen LogP contribution in [-0.2, 0) is 26.1 Å². The molecule has 0 saturated carbocycles. The fraction of sp³-hybridized carbons (Fsp3) is 0.346. The third-order valence-electron chi connectivity index (χ3n) is 5.95. The van der Waals surface area contributed by atoms with Crippen molar-refractivity contribution in [1.29, 1.82) is 0 Å². The molecule has 2 heterocycles. The van der Waals surface area contributed by atoms with Crippen LogP contribution in [0.3, 0.4) is 0 Å². The zero-order valence-corrected chi connectivity index (χ0v) is 19.3. The van der Waals surface area contributed by atoms with E-state index in [2.05, 4.69) is 41.1 Å². The average molecular weight is 452 g/mol. The fourth-order valence-electron chi connectivity index (χ4n) is 3.84. The van der Waals surface area contributed by atoms with Gasteiger partial charge in [-0.2, -0.15) is 0 Å². The van der Waals surface area contributed by atoms with Crippen LogP contribution in [0.25, 0.3) is 0 Å². The van der Waals surface area contributed by atoms with Gasteiger partial charge in [0.1, 0.15) is 12.4 Å². The van der Waals surface area contributed by atoms with Crippen molar-refractivity contribution in [1.82, 2.24) is 14.4 Å². The van der Waals surface area contributed by atoms with Gasteiger partial charge in [-0.3, -0.25) is 9.69 Å². The van der Waals surface area contributed by atoms with E-state index in [0.29, 0.717) is 23.9 Å². The van der Waals surface area contributed by atoms with E-state index in [-0.39, 0.29) is 5.56 Å². The monoisotopic (exact) mass is 451 g/mol. The molecule has 4 rings (SSSR count). The highest BCUT2D eigenvalue weighted by atomic mass is 35.5. The Hall–Kier alpha value is -2.60. The van der Waals surface area contributed by atoms with Gasteiger partial charge in [-0.1, -0.05) is 48.0 Å². The molecule has 5 nitrogen and oxygen atoms in total. The maximum atomic E-state index is 12.5. The molecular formula is C26H30ClN3O2. The van der Waals surface area contributed by atoms with Crippen molar-refractivity contribution in [3.05, 3.63) is 98.9 Å². The molecule has 1 fully saturated rings. The number of hydrogen-bond donors (Lipinski definition) is 0. The van der Waals surface area contributed by atoms with Crippen molar-refractivity contribution < 1.29 is 4.74 Å². The Labute approximate surface area is 194 Å². The zero-order valence-electron chi connectivity index (χ0n) is 18.5. The molecule has 0 bridgehead atoms. The van der Waals surface area contributed by atoms with Gasteiger partial charge in [0.15, 0.2) is 0 Å². The van der Waals surface area contributed by atoms with Gasteiger partial charge in [0.05, 0.1) is 0 Å². The lowest BCUT2D eigenvalue weighted by Gasteiger charge is -2.32. The number of ether oxygens (including phenoxy) is 1. The standard InChI is InChI=1S/C26H30ClN3O2/c1-28-14-16-29(17-15-28)19-22-4-2-21(3-5-22)10-12-30-13-11-25(18-26(30)31)32-20-23-6-8-24(27)9-7-23/h2-9,11,13,18H,10,12,14-17,19-20H2,1H3. The van der Waals surface area contributed by atoms with Crippen molar-refractivity contribution in [2.45, 2.75) is 26.1 Å². The second kappa shape index (κ2) is 10.8. The molecule has 32 heavy (non-hydrogen) atoms. The smallest absolute Gasteiger partial charge is 0.254 e. The molecule has 168 valence electrons. The predicted molar refractivity (Wildman–Crippen MR) is 129 cm³/mol. The summed E-state index contributed by atoms with van der Waals surface area (Å²) < 4.78 is 7.48. The molecule has 0 radical (unpaired) electrons. The lowest BCUT2D eigenvalue weighted by Crippen LogP contribution is -2.43. The number of halogens is 1. The van der Waals surface area contributed by atoms with Crippen LogP contribution in [0.2, 0.25) is 5.02 Å². The number of hydrogen-bond acceptors (Lipinski definition) is 4.